The maximum absolute atomic E-state index is 12.4. The van der Waals surface area contributed by atoms with Gasteiger partial charge in [-0.1, -0.05) is 30.3 Å². The number of amides is 1. The number of nitrogens with two attached hydrogens (primary N) is 1. The average molecular weight is 270 g/mol. The maximum Gasteiger partial charge on any atom is 0.276 e. The van der Waals surface area contributed by atoms with Crippen LogP contribution in [0.3, 0.4) is 0 Å². The topological polar surface area (TPSA) is 75.0 Å². The van der Waals surface area contributed by atoms with Crippen LogP contribution in [-0.2, 0) is 0 Å². The lowest BCUT2D eigenvalue weighted by Gasteiger charge is -2.15. The van der Waals surface area contributed by atoms with Crippen LogP contribution in [0.15, 0.2) is 30.3 Å². The Morgan fingerprint density at radius 1 is 1.40 bits per heavy atom. The standard InChI is InChI=1S/C15H18N4O/c1-10-13(16)14(18-17-10)15(20)19-8-7-12(9-19)11-5-3-2-4-6-11/h2-6,12H,7-9,16H2,1H3,(H,17,18). The first-order valence-corrected chi connectivity index (χ1v) is 6.81. The van der Waals surface area contributed by atoms with Crippen LogP contribution in [0, 0.1) is 6.92 Å². The number of benzene rings is 1. The minimum atomic E-state index is -0.0784. The molecule has 5 nitrogen and oxygen atoms in total. The molecule has 2 aromatic rings. The highest BCUT2D eigenvalue weighted by Crippen LogP contribution is 2.28. The number of nitrogens with zero attached hydrogens (tertiary/aromatic N) is 2. The van der Waals surface area contributed by atoms with Gasteiger partial charge in [-0.05, 0) is 18.9 Å². The maximum atomic E-state index is 12.4. The summed E-state index contributed by atoms with van der Waals surface area (Å²) in [5, 5.41) is 6.78. The molecule has 1 saturated heterocycles. The second-order valence-electron chi connectivity index (χ2n) is 5.26. The Morgan fingerprint density at radius 3 is 2.80 bits per heavy atom. The first-order chi connectivity index (χ1) is 9.66. The number of likely N-dealkylation sites (tertiary alicyclic amines) is 1. The predicted octanol–water partition coefficient (Wildman–Crippen LogP) is 1.93. The van der Waals surface area contributed by atoms with E-state index in [1.165, 1.54) is 5.56 Å². The predicted molar refractivity (Wildman–Crippen MR) is 77.4 cm³/mol. The molecule has 1 amide bonds. The van der Waals surface area contributed by atoms with Gasteiger partial charge < -0.3 is 10.6 Å². The molecule has 5 heteroatoms. The van der Waals surface area contributed by atoms with Gasteiger partial charge in [-0.15, -0.1) is 0 Å². The molecule has 1 aromatic carbocycles. The number of aryl methyl sites for hydroxylation is 1. The van der Waals surface area contributed by atoms with E-state index in [0.717, 1.165) is 25.2 Å². The highest BCUT2D eigenvalue weighted by molar-refractivity contribution is 5.97. The zero-order valence-corrected chi connectivity index (χ0v) is 11.5. The zero-order chi connectivity index (χ0) is 14.1. The summed E-state index contributed by atoms with van der Waals surface area (Å²) in [6.45, 7) is 3.30. The van der Waals surface area contributed by atoms with Crippen molar-refractivity contribution in [2.24, 2.45) is 0 Å². The quantitative estimate of drug-likeness (QED) is 0.875. The van der Waals surface area contributed by atoms with Gasteiger partial charge in [-0.3, -0.25) is 9.89 Å². The Bertz CT molecular complexity index is 620. The number of anilines is 1. The number of carbonyl (C=O) groups is 1. The van der Waals surface area contributed by atoms with Crippen LogP contribution in [0.25, 0.3) is 0 Å². The molecule has 2 heterocycles. The first-order valence-electron chi connectivity index (χ1n) is 6.81. The van der Waals surface area contributed by atoms with E-state index >= 15 is 0 Å². The Balaban J connectivity index is 1.74. The molecule has 1 fully saturated rings. The fourth-order valence-electron chi connectivity index (χ4n) is 2.69. The normalized spacial score (nSPS) is 18.4. The Kier molecular flexibility index (Phi) is 3.18. The van der Waals surface area contributed by atoms with Gasteiger partial charge in [0.05, 0.1) is 11.4 Å². The van der Waals surface area contributed by atoms with Gasteiger partial charge in [0, 0.05) is 19.0 Å². The van der Waals surface area contributed by atoms with Gasteiger partial charge in [0.25, 0.3) is 5.91 Å². The van der Waals surface area contributed by atoms with Gasteiger partial charge in [-0.2, -0.15) is 5.10 Å². The van der Waals surface area contributed by atoms with Crippen molar-refractivity contribution in [3.05, 3.63) is 47.3 Å². The third kappa shape index (κ3) is 2.15. The molecule has 0 saturated carbocycles. The van der Waals surface area contributed by atoms with Crippen LogP contribution in [0.2, 0.25) is 0 Å². The molecular formula is C15H18N4O. The summed E-state index contributed by atoms with van der Waals surface area (Å²) in [5.41, 5.74) is 8.70. The molecule has 1 aliphatic rings. The van der Waals surface area contributed by atoms with E-state index in [9.17, 15) is 4.79 Å². The summed E-state index contributed by atoms with van der Waals surface area (Å²) in [6, 6.07) is 10.3. The van der Waals surface area contributed by atoms with Crippen molar-refractivity contribution in [1.29, 1.82) is 0 Å². The molecule has 104 valence electrons. The molecule has 0 bridgehead atoms. The van der Waals surface area contributed by atoms with Crippen molar-refractivity contribution >= 4 is 11.6 Å². The largest absolute Gasteiger partial charge is 0.395 e. The summed E-state index contributed by atoms with van der Waals surface area (Å²) in [7, 11) is 0. The number of carbonyl (C=O) groups excluding carboxylic acids is 1. The minimum Gasteiger partial charge on any atom is -0.395 e. The third-order valence-electron chi connectivity index (χ3n) is 3.94. The van der Waals surface area contributed by atoms with E-state index in [0.29, 0.717) is 17.3 Å². The molecule has 0 spiro atoms. The minimum absolute atomic E-state index is 0.0784. The van der Waals surface area contributed by atoms with Crippen LogP contribution in [0.5, 0.6) is 0 Å². The first kappa shape index (κ1) is 12.7. The van der Waals surface area contributed by atoms with Gasteiger partial charge >= 0.3 is 0 Å². The highest BCUT2D eigenvalue weighted by atomic mass is 16.2. The summed E-state index contributed by atoms with van der Waals surface area (Å²) >= 11 is 0. The SMILES string of the molecule is Cc1[nH]nc(C(=O)N2CCC(c3ccccc3)C2)c1N. The molecule has 0 radical (unpaired) electrons. The van der Waals surface area contributed by atoms with Crippen LogP contribution >= 0.6 is 0 Å². The van der Waals surface area contributed by atoms with E-state index in [1.54, 1.807) is 0 Å². The molecule has 3 N–H and O–H groups in total. The van der Waals surface area contributed by atoms with Crippen molar-refractivity contribution in [2.45, 2.75) is 19.3 Å². The van der Waals surface area contributed by atoms with Gasteiger partial charge in [0.1, 0.15) is 0 Å². The third-order valence-corrected chi connectivity index (χ3v) is 3.94. The van der Waals surface area contributed by atoms with Crippen molar-refractivity contribution in [3.63, 3.8) is 0 Å². The molecule has 1 atom stereocenters. The molecule has 1 aliphatic heterocycles. The number of nitrogens with one attached hydrogen (secondary N) is 1. The molecule has 1 aromatic heterocycles. The van der Waals surface area contributed by atoms with Crippen LogP contribution in [-0.4, -0.2) is 34.1 Å². The molecular weight excluding hydrogens is 252 g/mol. The van der Waals surface area contributed by atoms with E-state index in [1.807, 2.05) is 30.0 Å². The number of hydrogen-bond acceptors (Lipinski definition) is 3. The number of H-pyrrole nitrogens is 1. The van der Waals surface area contributed by atoms with Crippen molar-refractivity contribution < 1.29 is 4.79 Å². The van der Waals surface area contributed by atoms with Gasteiger partial charge in [0.2, 0.25) is 0 Å². The van der Waals surface area contributed by atoms with Crippen LogP contribution in [0.4, 0.5) is 5.69 Å². The number of aromatic amines is 1. The number of hydrogen-bond donors (Lipinski definition) is 2. The average Bonchev–Trinajstić information content (AvgIpc) is 3.08. The van der Waals surface area contributed by atoms with E-state index in [4.69, 9.17) is 5.73 Å². The van der Waals surface area contributed by atoms with Crippen molar-refractivity contribution in [1.82, 2.24) is 15.1 Å². The summed E-state index contributed by atoms with van der Waals surface area (Å²) in [6.07, 6.45) is 0.985. The lowest BCUT2D eigenvalue weighted by atomic mass is 9.99. The lowest BCUT2D eigenvalue weighted by molar-refractivity contribution is 0.0786. The van der Waals surface area contributed by atoms with Crippen molar-refractivity contribution in [2.75, 3.05) is 18.8 Å². The van der Waals surface area contributed by atoms with Crippen LogP contribution in [0.1, 0.15) is 34.1 Å². The Labute approximate surface area is 117 Å². The molecule has 1 unspecified atom stereocenters. The van der Waals surface area contributed by atoms with Gasteiger partial charge in [0.15, 0.2) is 5.69 Å². The monoisotopic (exact) mass is 270 g/mol. The van der Waals surface area contributed by atoms with Crippen LogP contribution < -0.4 is 5.73 Å². The number of rotatable bonds is 2. The van der Waals surface area contributed by atoms with Gasteiger partial charge in [-0.25, -0.2) is 0 Å². The summed E-state index contributed by atoms with van der Waals surface area (Å²) in [5.74, 6) is 0.326. The second kappa shape index (κ2) is 5.00. The Hall–Kier alpha value is -2.30. The molecule has 0 aliphatic carbocycles. The second-order valence-corrected chi connectivity index (χ2v) is 5.26. The molecule has 3 rings (SSSR count). The summed E-state index contributed by atoms with van der Waals surface area (Å²) in [4.78, 5) is 14.3. The van der Waals surface area contributed by atoms with E-state index in [2.05, 4.69) is 22.3 Å². The zero-order valence-electron chi connectivity index (χ0n) is 11.5. The number of aromatic nitrogens is 2. The Morgan fingerprint density at radius 2 is 2.15 bits per heavy atom. The lowest BCUT2D eigenvalue weighted by Crippen LogP contribution is -2.29. The fourth-order valence-corrected chi connectivity index (χ4v) is 2.69. The smallest absolute Gasteiger partial charge is 0.276 e. The highest BCUT2D eigenvalue weighted by Gasteiger charge is 2.30. The molecule has 20 heavy (non-hydrogen) atoms. The van der Waals surface area contributed by atoms with E-state index < -0.39 is 0 Å². The van der Waals surface area contributed by atoms with Crippen molar-refractivity contribution in [3.8, 4) is 0 Å². The number of nitrogen functional groups attached to an aromatic ring is 1. The fraction of sp³-hybridized carbons (Fsp3) is 0.333. The summed E-state index contributed by atoms with van der Waals surface area (Å²) < 4.78 is 0. The van der Waals surface area contributed by atoms with E-state index in [-0.39, 0.29) is 5.91 Å².